The Morgan fingerprint density at radius 3 is 2.15 bits per heavy atom. The summed E-state index contributed by atoms with van der Waals surface area (Å²) in [4.78, 5) is 43.5. The van der Waals surface area contributed by atoms with Crippen molar-refractivity contribution in [2.24, 2.45) is 0 Å². The maximum Gasteiger partial charge on any atom is 0.408 e. The van der Waals surface area contributed by atoms with Crippen LogP contribution in [0.25, 0.3) is 0 Å². The standard InChI is InChI=1S/C38H51N3O6/c1-6-7-8-9-10-14-23-41(36(45)32(40-37(46)47-38(3,4)5)25-28-17-20-31(42)21-18-28)34(30-19-22-33(43)27(2)24-30)35(44)39-26-29-15-12-11-13-16-29/h11-13,15-22,24,32,34,42-43H,6-10,14,23,25-26H2,1-5H3,(H,39,44)(H,40,46). The normalized spacial score (nSPS) is 12.5. The number of carbonyl (C=O) groups excluding carboxylic acids is 3. The second kappa shape index (κ2) is 18.0. The van der Waals surface area contributed by atoms with E-state index in [0.717, 1.165) is 37.7 Å². The summed E-state index contributed by atoms with van der Waals surface area (Å²) in [6.45, 7) is 9.67. The van der Waals surface area contributed by atoms with Crippen LogP contribution in [-0.2, 0) is 27.3 Å². The van der Waals surface area contributed by atoms with Crippen LogP contribution in [0.5, 0.6) is 11.5 Å². The monoisotopic (exact) mass is 645 g/mol. The number of aryl methyl sites for hydroxylation is 1. The zero-order valence-corrected chi connectivity index (χ0v) is 28.4. The topological polar surface area (TPSA) is 128 Å². The van der Waals surface area contributed by atoms with Crippen molar-refractivity contribution in [2.45, 2.75) is 104 Å². The Morgan fingerprint density at radius 1 is 0.851 bits per heavy atom. The first-order valence-corrected chi connectivity index (χ1v) is 16.6. The summed E-state index contributed by atoms with van der Waals surface area (Å²) in [5.41, 5.74) is 1.95. The fourth-order valence-electron chi connectivity index (χ4n) is 5.35. The van der Waals surface area contributed by atoms with Crippen molar-refractivity contribution in [2.75, 3.05) is 6.54 Å². The lowest BCUT2D eigenvalue weighted by Crippen LogP contribution is -2.54. The first-order chi connectivity index (χ1) is 22.4. The molecule has 0 radical (unpaired) electrons. The molecule has 0 aliphatic carbocycles. The van der Waals surface area contributed by atoms with E-state index in [1.165, 1.54) is 18.2 Å². The summed E-state index contributed by atoms with van der Waals surface area (Å²) in [5.74, 6) is -0.649. The highest BCUT2D eigenvalue weighted by Crippen LogP contribution is 2.28. The zero-order chi connectivity index (χ0) is 34.4. The van der Waals surface area contributed by atoms with Crippen LogP contribution in [0.2, 0.25) is 0 Å². The highest BCUT2D eigenvalue weighted by molar-refractivity contribution is 5.92. The van der Waals surface area contributed by atoms with E-state index in [9.17, 15) is 24.6 Å². The minimum atomic E-state index is -1.07. The molecular weight excluding hydrogens is 594 g/mol. The van der Waals surface area contributed by atoms with E-state index in [-0.39, 0.29) is 36.9 Å². The smallest absolute Gasteiger partial charge is 0.408 e. The summed E-state index contributed by atoms with van der Waals surface area (Å²) >= 11 is 0. The average molecular weight is 646 g/mol. The Kier molecular flexibility index (Phi) is 14.1. The van der Waals surface area contributed by atoms with Gasteiger partial charge in [0.05, 0.1) is 0 Å². The number of unbranched alkanes of at least 4 members (excludes halogenated alkanes) is 5. The summed E-state index contributed by atoms with van der Waals surface area (Å²) in [5, 5.41) is 25.9. The van der Waals surface area contributed by atoms with Gasteiger partial charge in [0.1, 0.15) is 29.2 Å². The molecule has 0 aromatic heterocycles. The number of nitrogens with one attached hydrogen (secondary N) is 2. The number of phenolic OH excluding ortho intramolecular Hbond substituents is 2. The molecule has 2 unspecified atom stereocenters. The molecule has 0 saturated carbocycles. The van der Waals surface area contributed by atoms with Crippen molar-refractivity contribution in [1.82, 2.24) is 15.5 Å². The molecule has 2 atom stereocenters. The molecule has 3 amide bonds. The van der Waals surface area contributed by atoms with Crippen LogP contribution in [0, 0.1) is 6.92 Å². The molecule has 3 aromatic rings. The first-order valence-electron chi connectivity index (χ1n) is 16.6. The molecule has 47 heavy (non-hydrogen) atoms. The molecule has 0 spiro atoms. The Morgan fingerprint density at radius 2 is 1.51 bits per heavy atom. The minimum absolute atomic E-state index is 0.0827. The van der Waals surface area contributed by atoms with Crippen LogP contribution in [0.3, 0.4) is 0 Å². The molecule has 0 saturated heterocycles. The van der Waals surface area contributed by atoms with Crippen LogP contribution in [0.4, 0.5) is 4.79 Å². The van der Waals surface area contributed by atoms with Crippen molar-refractivity contribution in [1.29, 1.82) is 0 Å². The first kappa shape index (κ1) is 36.9. The summed E-state index contributed by atoms with van der Waals surface area (Å²) in [6, 6.07) is 18.8. The van der Waals surface area contributed by atoms with Gasteiger partial charge >= 0.3 is 6.09 Å². The van der Waals surface area contributed by atoms with Gasteiger partial charge in [0.15, 0.2) is 0 Å². The number of hydrogen-bond donors (Lipinski definition) is 4. The van der Waals surface area contributed by atoms with Gasteiger partial charge in [-0.25, -0.2) is 4.79 Å². The summed E-state index contributed by atoms with van der Waals surface area (Å²) in [6.07, 6.45) is 5.24. The van der Waals surface area contributed by atoms with E-state index in [1.54, 1.807) is 56.9 Å². The Hall–Kier alpha value is -4.53. The second-order valence-corrected chi connectivity index (χ2v) is 13.0. The van der Waals surface area contributed by atoms with Crippen LogP contribution in [0.15, 0.2) is 72.8 Å². The van der Waals surface area contributed by atoms with E-state index in [4.69, 9.17) is 4.74 Å². The number of hydrogen-bond acceptors (Lipinski definition) is 6. The number of amides is 3. The molecular formula is C38H51N3O6. The van der Waals surface area contributed by atoms with Crippen molar-refractivity contribution >= 4 is 17.9 Å². The van der Waals surface area contributed by atoms with E-state index >= 15 is 0 Å². The number of carbonyl (C=O) groups is 3. The summed E-state index contributed by atoms with van der Waals surface area (Å²) in [7, 11) is 0. The highest BCUT2D eigenvalue weighted by Gasteiger charge is 2.36. The number of rotatable bonds is 16. The lowest BCUT2D eigenvalue weighted by molar-refractivity contribution is -0.142. The minimum Gasteiger partial charge on any atom is -0.508 e. The third kappa shape index (κ3) is 12.3. The lowest BCUT2D eigenvalue weighted by Gasteiger charge is -2.35. The number of nitrogens with zero attached hydrogens (tertiary/aromatic N) is 1. The molecule has 9 heteroatoms. The SMILES string of the molecule is CCCCCCCCN(C(=O)C(Cc1ccc(O)cc1)NC(=O)OC(C)(C)C)C(C(=O)NCc1ccccc1)c1ccc(O)c(C)c1. The van der Waals surface area contributed by atoms with Crippen molar-refractivity contribution in [3.63, 3.8) is 0 Å². The largest absolute Gasteiger partial charge is 0.508 e. The predicted molar refractivity (Wildman–Crippen MR) is 184 cm³/mol. The van der Waals surface area contributed by atoms with Gasteiger partial charge in [0.2, 0.25) is 11.8 Å². The van der Waals surface area contributed by atoms with Crippen LogP contribution in [0.1, 0.15) is 94.5 Å². The Balaban J connectivity index is 2.04. The molecule has 254 valence electrons. The second-order valence-electron chi connectivity index (χ2n) is 13.0. The maximum atomic E-state index is 14.7. The highest BCUT2D eigenvalue weighted by atomic mass is 16.6. The quantitative estimate of drug-likeness (QED) is 0.123. The summed E-state index contributed by atoms with van der Waals surface area (Å²) < 4.78 is 5.53. The number of phenols is 2. The molecule has 0 aliphatic heterocycles. The maximum absolute atomic E-state index is 14.7. The number of aromatic hydroxyl groups is 2. The molecule has 0 aliphatic rings. The molecule has 0 heterocycles. The van der Waals surface area contributed by atoms with E-state index in [0.29, 0.717) is 23.1 Å². The van der Waals surface area contributed by atoms with Crippen molar-refractivity contribution in [3.05, 3.63) is 95.1 Å². The molecule has 0 bridgehead atoms. The van der Waals surface area contributed by atoms with Gasteiger partial charge in [0, 0.05) is 19.5 Å². The third-order valence-electron chi connectivity index (χ3n) is 7.81. The van der Waals surface area contributed by atoms with Gasteiger partial charge in [0.25, 0.3) is 0 Å². The number of ether oxygens (including phenoxy) is 1. The Bertz CT molecular complexity index is 1440. The molecule has 0 fully saturated rings. The van der Waals surface area contributed by atoms with Gasteiger partial charge in [-0.2, -0.15) is 0 Å². The van der Waals surface area contributed by atoms with Crippen LogP contribution in [-0.4, -0.2) is 51.2 Å². The molecule has 9 nitrogen and oxygen atoms in total. The Labute approximate surface area is 279 Å². The number of alkyl carbamates (subject to hydrolysis) is 1. The van der Waals surface area contributed by atoms with Gasteiger partial charge in [-0.05, 0) is 80.6 Å². The fraction of sp³-hybridized carbons (Fsp3) is 0.447. The van der Waals surface area contributed by atoms with Crippen molar-refractivity contribution in [3.8, 4) is 11.5 Å². The average Bonchev–Trinajstić information content (AvgIpc) is 3.02. The predicted octanol–water partition coefficient (Wildman–Crippen LogP) is 7.09. The lowest BCUT2D eigenvalue weighted by atomic mass is 9.98. The van der Waals surface area contributed by atoms with E-state index in [2.05, 4.69) is 17.6 Å². The number of benzene rings is 3. The van der Waals surface area contributed by atoms with Gasteiger partial charge in [-0.15, -0.1) is 0 Å². The van der Waals surface area contributed by atoms with Gasteiger partial charge < -0.3 is 30.5 Å². The van der Waals surface area contributed by atoms with Gasteiger partial charge in [-0.3, -0.25) is 9.59 Å². The molecule has 3 rings (SSSR count). The van der Waals surface area contributed by atoms with Crippen LogP contribution < -0.4 is 10.6 Å². The molecule has 4 N–H and O–H groups in total. The third-order valence-corrected chi connectivity index (χ3v) is 7.81. The van der Waals surface area contributed by atoms with E-state index in [1.807, 2.05) is 30.3 Å². The van der Waals surface area contributed by atoms with E-state index < -0.39 is 29.7 Å². The van der Waals surface area contributed by atoms with Crippen LogP contribution >= 0.6 is 0 Å². The zero-order valence-electron chi connectivity index (χ0n) is 28.4. The fourth-order valence-corrected chi connectivity index (χ4v) is 5.35. The van der Waals surface area contributed by atoms with Crippen molar-refractivity contribution < 1.29 is 29.3 Å². The molecule has 3 aromatic carbocycles. The van der Waals surface area contributed by atoms with Gasteiger partial charge in [-0.1, -0.05) is 87.6 Å².